The van der Waals surface area contributed by atoms with Crippen LogP contribution in [-0.2, 0) is 4.79 Å². The fourth-order valence-corrected chi connectivity index (χ4v) is 4.48. The monoisotopic (exact) mass is 348 g/mol. The predicted octanol–water partition coefficient (Wildman–Crippen LogP) is 3.66. The van der Waals surface area contributed by atoms with Gasteiger partial charge in [0.2, 0.25) is 11.0 Å². The molecule has 0 spiro atoms. The first-order chi connectivity index (χ1) is 11.1. The van der Waals surface area contributed by atoms with Gasteiger partial charge in [0.05, 0.1) is 5.25 Å². The minimum Gasteiger partial charge on any atom is -0.355 e. The first-order valence-corrected chi connectivity index (χ1v) is 9.43. The smallest absolute Gasteiger partial charge is 0.233 e. The van der Waals surface area contributed by atoms with E-state index in [0.717, 1.165) is 41.0 Å². The van der Waals surface area contributed by atoms with Gasteiger partial charge in [0, 0.05) is 12.2 Å². The second-order valence-corrected chi connectivity index (χ2v) is 8.12. The Labute approximate surface area is 144 Å². The highest BCUT2D eigenvalue weighted by Gasteiger charge is 2.23. The van der Waals surface area contributed by atoms with Gasteiger partial charge in [-0.1, -0.05) is 35.6 Å². The normalized spacial score (nSPS) is 18.3. The largest absolute Gasteiger partial charge is 0.355 e. The van der Waals surface area contributed by atoms with Crippen molar-refractivity contribution in [3.8, 4) is 0 Å². The summed E-state index contributed by atoms with van der Waals surface area (Å²) in [5.41, 5.74) is 3.51. The van der Waals surface area contributed by atoms with Crippen molar-refractivity contribution in [2.75, 3.05) is 11.9 Å². The van der Waals surface area contributed by atoms with Crippen molar-refractivity contribution in [3.05, 3.63) is 29.3 Å². The van der Waals surface area contributed by atoms with Crippen molar-refractivity contribution in [2.24, 2.45) is 0 Å². The van der Waals surface area contributed by atoms with E-state index in [4.69, 9.17) is 0 Å². The minimum absolute atomic E-state index is 0.0556. The van der Waals surface area contributed by atoms with Gasteiger partial charge in [0.15, 0.2) is 4.34 Å². The molecule has 1 aliphatic rings. The van der Waals surface area contributed by atoms with Crippen LogP contribution in [0.25, 0.3) is 0 Å². The molecular formula is C16H20N4OS2. The first-order valence-electron chi connectivity index (χ1n) is 7.74. The van der Waals surface area contributed by atoms with Crippen molar-refractivity contribution >= 4 is 39.8 Å². The molecule has 1 aromatic heterocycles. The van der Waals surface area contributed by atoms with Gasteiger partial charge in [-0.15, -0.1) is 10.2 Å². The van der Waals surface area contributed by atoms with Crippen LogP contribution in [0.1, 0.15) is 30.4 Å². The van der Waals surface area contributed by atoms with E-state index in [1.165, 1.54) is 34.2 Å². The molecular weight excluding hydrogens is 328 g/mol. The van der Waals surface area contributed by atoms with E-state index in [1.54, 1.807) is 0 Å². The number of nitrogens with one attached hydrogen (secondary N) is 2. The quantitative estimate of drug-likeness (QED) is 0.883. The van der Waals surface area contributed by atoms with E-state index in [1.807, 2.05) is 6.07 Å². The Kier molecular flexibility index (Phi) is 5.17. The average molecular weight is 348 g/mol. The zero-order valence-electron chi connectivity index (χ0n) is 13.3. The molecule has 1 atom stereocenters. The Morgan fingerprint density at radius 2 is 2.13 bits per heavy atom. The number of amides is 1. The molecule has 3 rings (SSSR count). The number of benzene rings is 1. The van der Waals surface area contributed by atoms with Crippen molar-refractivity contribution in [1.82, 2.24) is 15.5 Å². The average Bonchev–Trinajstić information content (AvgIpc) is 2.86. The maximum Gasteiger partial charge on any atom is 0.233 e. The van der Waals surface area contributed by atoms with Gasteiger partial charge < -0.3 is 10.6 Å². The molecule has 2 aromatic rings. The van der Waals surface area contributed by atoms with Crippen molar-refractivity contribution in [2.45, 2.75) is 42.7 Å². The van der Waals surface area contributed by atoms with Gasteiger partial charge in [-0.3, -0.25) is 4.79 Å². The standard InChI is InChI=1S/C16H20N4OS2/c1-10-6-7-12(9-11(10)2)18-15-19-20-16(23-15)22-13-5-3-4-8-17-14(13)21/h6-7,9,13H,3-5,8H2,1-2H3,(H,17,21)(H,18,19). The molecule has 1 unspecified atom stereocenters. The molecule has 2 N–H and O–H groups in total. The van der Waals surface area contributed by atoms with Crippen molar-refractivity contribution in [3.63, 3.8) is 0 Å². The van der Waals surface area contributed by atoms with Crippen LogP contribution in [0.2, 0.25) is 0 Å². The lowest BCUT2D eigenvalue weighted by molar-refractivity contribution is -0.120. The highest BCUT2D eigenvalue weighted by Crippen LogP contribution is 2.33. The molecule has 1 amide bonds. The predicted molar refractivity (Wildman–Crippen MR) is 95.6 cm³/mol. The van der Waals surface area contributed by atoms with Gasteiger partial charge in [-0.25, -0.2) is 0 Å². The van der Waals surface area contributed by atoms with Crippen molar-refractivity contribution in [1.29, 1.82) is 0 Å². The number of carbonyl (C=O) groups is 1. The summed E-state index contributed by atoms with van der Waals surface area (Å²) < 4.78 is 0.832. The van der Waals surface area contributed by atoms with Gasteiger partial charge in [0.25, 0.3) is 0 Å². The Balaban J connectivity index is 1.65. The number of carbonyl (C=O) groups excluding carboxylic acids is 1. The fraction of sp³-hybridized carbons (Fsp3) is 0.438. The van der Waals surface area contributed by atoms with E-state index in [9.17, 15) is 4.79 Å². The molecule has 1 fully saturated rings. The van der Waals surface area contributed by atoms with Gasteiger partial charge in [-0.2, -0.15) is 0 Å². The van der Waals surface area contributed by atoms with Crippen LogP contribution in [0.4, 0.5) is 10.8 Å². The highest BCUT2D eigenvalue weighted by molar-refractivity contribution is 8.02. The summed E-state index contributed by atoms with van der Waals surface area (Å²) in [5.74, 6) is 0.117. The van der Waals surface area contributed by atoms with Crippen LogP contribution < -0.4 is 10.6 Å². The maximum absolute atomic E-state index is 12.0. The van der Waals surface area contributed by atoms with Crippen LogP contribution in [0.3, 0.4) is 0 Å². The molecule has 122 valence electrons. The lowest BCUT2D eigenvalue weighted by Gasteiger charge is -2.09. The molecule has 0 saturated carbocycles. The Morgan fingerprint density at radius 1 is 1.26 bits per heavy atom. The lowest BCUT2D eigenvalue weighted by atomic mass is 10.1. The maximum atomic E-state index is 12.0. The Bertz CT molecular complexity index is 701. The first kappa shape index (κ1) is 16.3. The molecule has 23 heavy (non-hydrogen) atoms. The summed E-state index contributed by atoms with van der Waals surface area (Å²) >= 11 is 3.01. The van der Waals surface area contributed by atoms with Crippen LogP contribution in [0.15, 0.2) is 22.5 Å². The molecule has 7 heteroatoms. The van der Waals surface area contributed by atoms with E-state index < -0.39 is 0 Å². The number of hydrogen-bond acceptors (Lipinski definition) is 6. The second kappa shape index (κ2) is 7.31. The van der Waals surface area contributed by atoms with E-state index in [-0.39, 0.29) is 11.2 Å². The van der Waals surface area contributed by atoms with Gasteiger partial charge >= 0.3 is 0 Å². The number of aromatic nitrogens is 2. The summed E-state index contributed by atoms with van der Waals surface area (Å²) in [5, 5.41) is 15.3. The SMILES string of the molecule is Cc1ccc(Nc2nnc(SC3CCCCNC3=O)s2)cc1C. The highest BCUT2D eigenvalue weighted by atomic mass is 32.2. The molecule has 1 saturated heterocycles. The number of hydrogen-bond donors (Lipinski definition) is 2. The van der Waals surface area contributed by atoms with Crippen molar-refractivity contribution < 1.29 is 4.79 Å². The van der Waals surface area contributed by atoms with E-state index in [0.29, 0.717) is 0 Å². The Morgan fingerprint density at radius 3 is 2.96 bits per heavy atom. The molecule has 0 aliphatic carbocycles. The van der Waals surface area contributed by atoms with E-state index in [2.05, 4.69) is 46.8 Å². The zero-order valence-corrected chi connectivity index (χ0v) is 14.9. The number of rotatable bonds is 4. The van der Waals surface area contributed by atoms with Gasteiger partial charge in [-0.05, 0) is 49.9 Å². The molecule has 1 aromatic carbocycles. The zero-order chi connectivity index (χ0) is 16.2. The summed E-state index contributed by atoms with van der Waals surface area (Å²) in [6, 6.07) is 6.22. The second-order valence-electron chi connectivity index (χ2n) is 5.69. The topological polar surface area (TPSA) is 66.9 Å². The van der Waals surface area contributed by atoms with Gasteiger partial charge in [0.1, 0.15) is 0 Å². The number of nitrogens with zero attached hydrogens (tertiary/aromatic N) is 2. The fourth-order valence-electron chi connectivity index (χ4n) is 2.40. The molecule has 0 radical (unpaired) electrons. The number of anilines is 2. The third-order valence-corrected chi connectivity index (χ3v) is 6.08. The molecule has 0 bridgehead atoms. The lowest BCUT2D eigenvalue weighted by Crippen LogP contribution is -2.30. The van der Waals surface area contributed by atoms with Crippen LogP contribution in [0, 0.1) is 13.8 Å². The summed E-state index contributed by atoms with van der Waals surface area (Å²) in [4.78, 5) is 12.0. The van der Waals surface area contributed by atoms with Crippen LogP contribution in [0.5, 0.6) is 0 Å². The van der Waals surface area contributed by atoms with E-state index >= 15 is 0 Å². The summed E-state index contributed by atoms with van der Waals surface area (Å²) in [6.07, 6.45) is 3.03. The third-order valence-electron chi connectivity index (χ3n) is 3.89. The van der Waals surface area contributed by atoms with Crippen LogP contribution >= 0.6 is 23.1 Å². The number of aryl methyl sites for hydroxylation is 2. The summed E-state index contributed by atoms with van der Waals surface area (Å²) in [6.45, 7) is 4.97. The summed E-state index contributed by atoms with van der Waals surface area (Å²) in [7, 11) is 0. The minimum atomic E-state index is -0.0556. The molecule has 5 nitrogen and oxygen atoms in total. The Hall–Kier alpha value is -1.60. The third kappa shape index (κ3) is 4.23. The molecule has 1 aliphatic heterocycles. The van der Waals surface area contributed by atoms with Crippen LogP contribution in [-0.4, -0.2) is 27.9 Å². The molecule has 2 heterocycles. The number of thioether (sulfide) groups is 1.